The first-order valence-electron chi connectivity index (χ1n) is 17.0. The average molecular weight is 640 g/mol. The summed E-state index contributed by atoms with van der Waals surface area (Å²) in [5.74, 6) is 0.865. The Hall–Kier alpha value is -6.64. The average Bonchev–Trinajstić information content (AvgIpc) is 3.65. The Kier molecular flexibility index (Phi) is 7.53. The van der Waals surface area contributed by atoms with Gasteiger partial charge in [0.2, 0.25) is 0 Å². The van der Waals surface area contributed by atoms with Crippen molar-refractivity contribution in [3.8, 4) is 44.7 Å². The Balaban J connectivity index is 1.06. The molecule has 0 spiro atoms. The number of hydrogen-bond donors (Lipinski definition) is 0. The van der Waals surface area contributed by atoms with Crippen molar-refractivity contribution in [3.05, 3.63) is 200 Å². The monoisotopic (exact) mass is 639 g/mol. The number of rotatable bonds is 7. The van der Waals surface area contributed by atoms with E-state index in [1.807, 2.05) is 0 Å². The lowest BCUT2D eigenvalue weighted by Gasteiger charge is -2.26. The highest BCUT2D eigenvalue weighted by atomic mass is 16.3. The number of fused-ring (bicyclic) bond motifs is 3. The Morgan fingerprint density at radius 3 is 1.20 bits per heavy atom. The zero-order valence-electron chi connectivity index (χ0n) is 27.4. The van der Waals surface area contributed by atoms with E-state index >= 15 is 0 Å². The minimum atomic E-state index is 0.865. The summed E-state index contributed by atoms with van der Waals surface area (Å²) in [4.78, 5) is 2.31. The highest BCUT2D eigenvalue weighted by Crippen LogP contribution is 2.39. The number of hydrogen-bond acceptors (Lipinski definition) is 2. The van der Waals surface area contributed by atoms with Crippen molar-refractivity contribution in [2.45, 2.75) is 0 Å². The maximum atomic E-state index is 6.36. The molecule has 0 unspecified atom stereocenters. The number of furan rings is 1. The van der Waals surface area contributed by atoms with E-state index in [-0.39, 0.29) is 0 Å². The Morgan fingerprint density at radius 1 is 0.300 bits per heavy atom. The third kappa shape index (κ3) is 5.63. The van der Waals surface area contributed by atoms with Crippen LogP contribution in [0.3, 0.4) is 0 Å². The maximum absolute atomic E-state index is 6.36. The molecule has 9 aromatic rings. The van der Waals surface area contributed by atoms with Crippen LogP contribution in [0.4, 0.5) is 17.1 Å². The van der Waals surface area contributed by atoms with Gasteiger partial charge in [0.25, 0.3) is 0 Å². The summed E-state index contributed by atoms with van der Waals surface area (Å²) in [5, 5.41) is 3.56. The first-order chi connectivity index (χ1) is 24.8. The zero-order valence-corrected chi connectivity index (χ0v) is 27.4. The number of anilines is 3. The zero-order chi connectivity index (χ0) is 33.3. The van der Waals surface area contributed by atoms with Crippen molar-refractivity contribution in [1.29, 1.82) is 0 Å². The van der Waals surface area contributed by atoms with E-state index < -0.39 is 0 Å². The SMILES string of the molecule is c1ccc(-c2ccc(-c3ccc(N(c4ccc(-c5ccccc5)cc4)c4ccc(-c5cc6c(ccc7ccccc76)o5)cc4)cc3)cc2)cc1. The van der Waals surface area contributed by atoms with Crippen LogP contribution in [0.25, 0.3) is 66.4 Å². The summed E-state index contributed by atoms with van der Waals surface area (Å²) in [5.41, 5.74) is 12.4. The van der Waals surface area contributed by atoms with E-state index in [1.165, 1.54) is 44.2 Å². The van der Waals surface area contributed by atoms with Crippen molar-refractivity contribution in [1.82, 2.24) is 0 Å². The minimum absolute atomic E-state index is 0.865. The van der Waals surface area contributed by atoms with Crippen molar-refractivity contribution >= 4 is 38.8 Å². The van der Waals surface area contributed by atoms with Crippen LogP contribution < -0.4 is 4.90 Å². The number of benzene rings is 8. The normalized spacial score (nSPS) is 11.2. The Morgan fingerprint density at radius 2 is 0.700 bits per heavy atom. The summed E-state index contributed by atoms with van der Waals surface area (Å²) >= 11 is 0. The fourth-order valence-corrected chi connectivity index (χ4v) is 6.88. The molecule has 0 saturated carbocycles. The van der Waals surface area contributed by atoms with E-state index in [1.54, 1.807) is 0 Å². The highest BCUT2D eigenvalue weighted by molar-refractivity contribution is 6.07. The molecule has 0 aliphatic heterocycles. The number of nitrogens with zero attached hydrogens (tertiary/aromatic N) is 1. The van der Waals surface area contributed by atoms with Crippen molar-refractivity contribution < 1.29 is 4.42 Å². The summed E-state index contributed by atoms with van der Waals surface area (Å²) in [6, 6.07) is 71.0. The first-order valence-corrected chi connectivity index (χ1v) is 17.0. The second kappa shape index (κ2) is 12.8. The molecule has 9 rings (SSSR count). The summed E-state index contributed by atoms with van der Waals surface area (Å²) in [6.07, 6.45) is 0. The van der Waals surface area contributed by atoms with Gasteiger partial charge in [-0.05, 0) is 105 Å². The van der Waals surface area contributed by atoms with Gasteiger partial charge in [0.05, 0.1) is 0 Å². The molecule has 2 heteroatoms. The molecule has 50 heavy (non-hydrogen) atoms. The molecular weight excluding hydrogens is 607 g/mol. The summed E-state index contributed by atoms with van der Waals surface area (Å²) in [6.45, 7) is 0. The lowest BCUT2D eigenvalue weighted by atomic mass is 10.00. The van der Waals surface area contributed by atoms with E-state index in [9.17, 15) is 0 Å². The molecule has 1 heterocycles. The summed E-state index contributed by atoms with van der Waals surface area (Å²) in [7, 11) is 0. The quantitative estimate of drug-likeness (QED) is 0.173. The van der Waals surface area contributed by atoms with Crippen molar-refractivity contribution in [2.75, 3.05) is 4.90 Å². The van der Waals surface area contributed by atoms with Gasteiger partial charge in [0, 0.05) is 28.0 Å². The second-order valence-electron chi connectivity index (χ2n) is 12.6. The molecule has 0 aliphatic rings. The van der Waals surface area contributed by atoms with Crippen LogP contribution in [0.15, 0.2) is 205 Å². The van der Waals surface area contributed by atoms with Gasteiger partial charge in [-0.2, -0.15) is 0 Å². The van der Waals surface area contributed by atoms with Gasteiger partial charge < -0.3 is 9.32 Å². The lowest BCUT2D eigenvalue weighted by molar-refractivity contribution is 0.632. The molecule has 1 aromatic heterocycles. The molecule has 0 amide bonds. The molecule has 236 valence electrons. The predicted molar refractivity (Wildman–Crippen MR) is 210 cm³/mol. The van der Waals surface area contributed by atoms with E-state index in [2.05, 4.69) is 205 Å². The van der Waals surface area contributed by atoms with Crippen LogP contribution in [0.5, 0.6) is 0 Å². The van der Waals surface area contributed by atoms with E-state index in [0.717, 1.165) is 39.4 Å². The molecule has 2 nitrogen and oxygen atoms in total. The molecule has 0 radical (unpaired) electrons. The maximum Gasteiger partial charge on any atom is 0.135 e. The fourth-order valence-electron chi connectivity index (χ4n) is 6.88. The first kappa shape index (κ1) is 29.5. The largest absolute Gasteiger partial charge is 0.456 e. The Labute approximate surface area is 292 Å². The topological polar surface area (TPSA) is 16.4 Å². The van der Waals surface area contributed by atoms with Crippen LogP contribution in [0, 0.1) is 0 Å². The highest BCUT2D eigenvalue weighted by Gasteiger charge is 2.15. The standard InChI is InChI=1S/C48H33NO/c1-3-9-34(10-4-1)36-15-17-37(18-16-36)39-21-28-43(29-22-39)49(42-26-19-38(20-27-42)35-11-5-2-6-12-35)44-30-23-41(24-31-44)48-33-46-45-14-8-7-13-40(45)25-32-47(46)50-48/h1-33H. The molecule has 0 atom stereocenters. The fraction of sp³-hybridized carbons (Fsp3) is 0. The van der Waals surface area contributed by atoms with Gasteiger partial charge in [-0.25, -0.2) is 0 Å². The predicted octanol–water partition coefficient (Wildman–Crippen LogP) is 13.7. The van der Waals surface area contributed by atoms with E-state index in [4.69, 9.17) is 4.42 Å². The van der Waals surface area contributed by atoms with Crippen molar-refractivity contribution in [3.63, 3.8) is 0 Å². The third-order valence-corrected chi connectivity index (χ3v) is 9.52. The molecule has 0 N–H and O–H groups in total. The van der Waals surface area contributed by atoms with Gasteiger partial charge >= 0.3 is 0 Å². The van der Waals surface area contributed by atoms with Crippen molar-refractivity contribution in [2.24, 2.45) is 0 Å². The van der Waals surface area contributed by atoms with Gasteiger partial charge in [-0.3, -0.25) is 0 Å². The third-order valence-electron chi connectivity index (χ3n) is 9.52. The second-order valence-corrected chi connectivity index (χ2v) is 12.6. The smallest absolute Gasteiger partial charge is 0.135 e. The van der Waals surface area contributed by atoms with E-state index in [0.29, 0.717) is 0 Å². The molecule has 0 fully saturated rings. The molecule has 8 aromatic carbocycles. The van der Waals surface area contributed by atoms with Crippen LogP contribution in [0.1, 0.15) is 0 Å². The lowest BCUT2D eigenvalue weighted by Crippen LogP contribution is -2.09. The van der Waals surface area contributed by atoms with Gasteiger partial charge in [0.15, 0.2) is 0 Å². The van der Waals surface area contributed by atoms with Crippen LogP contribution in [-0.4, -0.2) is 0 Å². The van der Waals surface area contributed by atoms with Gasteiger partial charge in [-0.15, -0.1) is 0 Å². The van der Waals surface area contributed by atoms with Crippen LogP contribution >= 0.6 is 0 Å². The molecule has 0 bridgehead atoms. The van der Waals surface area contributed by atoms with Gasteiger partial charge in [0.1, 0.15) is 11.3 Å². The molecule has 0 saturated heterocycles. The summed E-state index contributed by atoms with van der Waals surface area (Å²) < 4.78 is 6.36. The Bertz CT molecular complexity index is 2530. The molecule has 0 aliphatic carbocycles. The van der Waals surface area contributed by atoms with Crippen LogP contribution in [0.2, 0.25) is 0 Å². The molecular formula is C48H33NO. The van der Waals surface area contributed by atoms with Gasteiger partial charge in [-0.1, -0.05) is 140 Å². The van der Waals surface area contributed by atoms with Crippen LogP contribution in [-0.2, 0) is 0 Å². The minimum Gasteiger partial charge on any atom is -0.456 e.